The molecule has 7 heteroatoms. The highest BCUT2D eigenvalue weighted by molar-refractivity contribution is 7.63. The highest BCUT2D eigenvalue weighted by atomic mass is 35.5. The summed E-state index contributed by atoms with van der Waals surface area (Å²) in [6.07, 6.45) is 0. The van der Waals surface area contributed by atoms with Crippen LogP contribution in [-0.4, -0.2) is 48.7 Å². The zero-order valence-electron chi connectivity index (χ0n) is 14.4. The molecule has 1 aromatic carbocycles. The van der Waals surface area contributed by atoms with Crippen molar-refractivity contribution < 1.29 is 4.79 Å². The maximum absolute atomic E-state index is 12.4. The summed E-state index contributed by atoms with van der Waals surface area (Å²) in [5.74, 6) is 0. The Hall–Kier alpha value is -0.870. The van der Waals surface area contributed by atoms with E-state index in [9.17, 15) is 4.79 Å². The Kier molecular flexibility index (Phi) is 6.22. The van der Waals surface area contributed by atoms with Gasteiger partial charge in [0.15, 0.2) is 0 Å². The summed E-state index contributed by atoms with van der Waals surface area (Å²) >= 11 is 5.85. The normalized spacial score (nSPS) is 12.6. The zero-order valence-corrected chi connectivity index (χ0v) is 16.0. The largest absolute Gasteiger partial charge is 0.346 e. The Morgan fingerprint density at radius 1 is 1.09 bits per heavy atom. The number of urea groups is 1. The summed E-state index contributed by atoms with van der Waals surface area (Å²) in [4.78, 5) is 12.4. The molecule has 0 spiro atoms. The summed E-state index contributed by atoms with van der Waals surface area (Å²) in [6.45, 7) is 6.33. The van der Waals surface area contributed by atoms with Crippen molar-refractivity contribution in [3.8, 4) is 0 Å². The molecule has 5 nitrogen and oxygen atoms in total. The maximum atomic E-state index is 12.4. The van der Waals surface area contributed by atoms with Crippen LogP contribution in [0.5, 0.6) is 0 Å². The second kappa shape index (κ2) is 7.14. The van der Waals surface area contributed by atoms with Crippen LogP contribution in [0.4, 0.5) is 10.5 Å². The molecule has 0 aliphatic heterocycles. The van der Waals surface area contributed by atoms with E-state index in [1.807, 2.05) is 28.2 Å². The van der Waals surface area contributed by atoms with Crippen LogP contribution >= 0.6 is 19.0 Å². The zero-order chi connectivity index (χ0) is 17.1. The molecule has 0 saturated carbocycles. The second-order valence-corrected chi connectivity index (χ2v) is 11.2. The van der Waals surface area contributed by atoms with Gasteiger partial charge in [-0.1, -0.05) is 32.4 Å². The number of halogens is 1. The van der Waals surface area contributed by atoms with Gasteiger partial charge in [0.1, 0.15) is 7.36 Å². The van der Waals surface area contributed by atoms with E-state index in [-0.39, 0.29) is 11.2 Å². The molecule has 22 heavy (non-hydrogen) atoms. The molecule has 0 atom stereocenters. The minimum atomic E-state index is -2.17. The lowest BCUT2D eigenvalue weighted by Gasteiger charge is -2.45. The van der Waals surface area contributed by atoms with Gasteiger partial charge in [-0.2, -0.15) is 4.74 Å². The third-order valence-corrected chi connectivity index (χ3v) is 8.08. The minimum Gasteiger partial charge on any atom is -0.306 e. The fourth-order valence-electron chi connectivity index (χ4n) is 2.70. The maximum Gasteiger partial charge on any atom is 0.346 e. The Labute approximate surface area is 138 Å². The van der Waals surface area contributed by atoms with E-state index >= 15 is 0 Å². The highest BCUT2D eigenvalue weighted by Crippen LogP contribution is 2.63. The van der Waals surface area contributed by atoms with Crippen molar-refractivity contribution in [1.82, 2.24) is 9.34 Å². The number of nitrogens with one attached hydrogen (secondary N) is 1. The number of amides is 2. The summed E-state index contributed by atoms with van der Waals surface area (Å²) < 4.78 is 8.70. The first-order valence-corrected chi connectivity index (χ1v) is 9.08. The Morgan fingerprint density at radius 2 is 1.55 bits per heavy atom. The van der Waals surface area contributed by atoms with Crippen LogP contribution < -0.4 is 5.32 Å². The van der Waals surface area contributed by atoms with Gasteiger partial charge in [0.05, 0.1) is 0 Å². The Balaban J connectivity index is 3.22. The molecule has 0 bridgehead atoms. The molecule has 1 rings (SSSR count). The predicted octanol–water partition coefficient (Wildman–Crippen LogP) is 4.82. The van der Waals surface area contributed by atoms with Crippen LogP contribution in [-0.2, 0) is 0 Å². The molecule has 0 aromatic heterocycles. The summed E-state index contributed by atoms with van der Waals surface area (Å²) in [7, 11) is 5.71. The number of rotatable bonds is 3. The van der Waals surface area contributed by atoms with Crippen molar-refractivity contribution in [3.63, 3.8) is 0 Å². The number of carbonyl (C=O) groups excluding carboxylic acids is 1. The fraction of sp³-hybridized carbons (Fsp3) is 0.533. The van der Waals surface area contributed by atoms with E-state index in [2.05, 4.69) is 40.2 Å². The first kappa shape index (κ1) is 19.2. The highest BCUT2D eigenvalue weighted by Gasteiger charge is 2.39. The van der Waals surface area contributed by atoms with Crippen molar-refractivity contribution in [2.75, 3.05) is 33.5 Å². The molecule has 0 fully saturated rings. The smallest absolute Gasteiger partial charge is 0.306 e. The predicted molar refractivity (Wildman–Crippen MR) is 96.9 cm³/mol. The van der Waals surface area contributed by atoms with Crippen molar-refractivity contribution in [2.24, 2.45) is 4.74 Å². The monoisotopic (exact) mass is 344 g/mol. The third kappa shape index (κ3) is 4.11. The van der Waals surface area contributed by atoms with Gasteiger partial charge in [-0.25, -0.2) is 4.79 Å². The third-order valence-electron chi connectivity index (χ3n) is 3.34. The van der Waals surface area contributed by atoms with E-state index in [4.69, 9.17) is 11.6 Å². The lowest BCUT2D eigenvalue weighted by atomic mass is 10.3. The van der Waals surface area contributed by atoms with Crippen LogP contribution in [0, 0.1) is 0 Å². The summed E-state index contributed by atoms with van der Waals surface area (Å²) in [5, 5.41) is 3.29. The first-order valence-electron chi connectivity index (χ1n) is 7.05. The van der Waals surface area contributed by atoms with Crippen molar-refractivity contribution in [1.29, 1.82) is 0 Å². The molecular formula is C15H26ClN4OP. The van der Waals surface area contributed by atoms with Crippen LogP contribution in [0.1, 0.15) is 20.8 Å². The topological polar surface area (TPSA) is 47.9 Å². The first-order chi connectivity index (χ1) is 10.0. The molecule has 0 aliphatic rings. The van der Waals surface area contributed by atoms with Crippen molar-refractivity contribution >= 4 is 30.7 Å². The van der Waals surface area contributed by atoms with Crippen LogP contribution in [0.15, 0.2) is 29.0 Å². The molecule has 2 amide bonds. The van der Waals surface area contributed by atoms with Crippen LogP contribution in [0.25, 0.3) is 0 Å². The van der Waals surface area contributed by atoms with Gasteiger partial charge in [-0.3, -0.25) is 9.34 Å². The fourth-order valence-corrected chi connectivity index (χ4v) is 6.90. The number of carbonyl (C=O) groups is 1. The molecule has 1 N–H and O–H groups in total. The van der Waals surface area contributed by atoms with E-state index in [0.717, 1.165) is 0 Å². The second-order valence-electron chi connectivity index (χ2n) is 6.47. The van der Waals surface area contributed by atoms with Gasteiger partial charge in [-0.05, 0) is 52.5 Å². The van der Waals surface area contributed by atoms with Crippen molar-refractivity contribution in [2.45, 2.75) is 25.9 Å². The number of benzene rings is 1. The lowest BCUT2D eigenvalue weighted by Crippen LogP contribution is -2.34. The molecule has 1 aromatic rings. The average molecular weight is 345 g/mol. The van der Waals surface area contributed by atoms with E-state index in [1.165, 1.54) is 0 Å². The van der Waals surface area contributed by atoms with Gasteiger partial charge >= 0.3 is 6.03 Å². The molecule has 124 valence electrons. The van der Waals surface area contributed by atoms with Crippen LogP contribution in [0.3, 0.4) is 0 Å². The van der Waals surface area contributed by atoms with Gasteiger partial charge < -0.3 is 5.32 Å². The number of hydrogen-bond acceptors (Lipinski definition) is 1. The Morgan fingerprint density at radius 3 is 1.91 bits per heavy atom. The number of hydrogen-bond donors (Lipinski definition) is 1. The van der Waals surface area contributed by atoms with Gasteiger partial charge in [-0.15, -0.1) is 0 Å². The molecular weight excluding hydrogens is 319 g/mol. The molecule has 0 unspecified atom stereocenters. The number of anilines is 1. The van der Waals surface area contributed by atoms with Gasteiger partial charge in [0.2, 0.25) is 0 Å². The van der Waals surface area contributed by atoms with E-state index < -0.39 is 7.36 Å². The lowest BCUT2D eigenvalue weighted by molar-refractivity contribution is 0.259. The molecule has 0 heterocycles. The van der Waals surface area contributed by atoms with E-state index in [1.54, 1.807) is 24.3 Å². The Bertz CT molecular complexity index is 564. The molecule has 0 saturated heterocycles. The van der Waals surface area contributed by atoms with E-state index in [0.29, 0.717) is 10.7 Å². The molecule has 0 aliphatic carbocycles. The van der Waals surface area contributed by atoms with Gasteiger partial charge in [0.25, 0.3) is 0 Å². The summed E-state index contributed by atoms with van der Waals surface area (Å²) in [6, 6.07) is 6.66. The number of nitrogens with zero attached hydrogens (tertiary/aromatic N) is 3. The average Bonchev–Trinajstić information content (AvgIpc) is 2.36. The quantitative estimate of drug-likeness (QED) is 0.799. The summed E-state index contributed by atoms with van der Waals surface area (Å²) in [5.41, 5.74) is 0.683. The SMILES string of the molecule is CN(C)P(=NC(=O)Nc1ccc(Cl)cc1)(N(C)C)C(C)(C)C. The molecule has 0 radical (unpaired) electrons. The van der Waals surface area contributed by atoms with Crippen LogP contribution in [0.2, 0.25) is 5.02 Å². The van der Waals surface area contributed by atoms with Gasteiger partial charge in [0, 0.05) is 15.9 Å². The minimum absolute atomic E-state index is 0.155. The standard InChI is InChI=1S/C15H26ClN4OP/c1-15(2,3)22(19(4)5,20(6)7)18-14(21)17-13-10-8-12(16)9-11-13/h8-11H,1-7H3,(H,17,21). The van der Waals surface area contributed by atoms with Crippen molar-refractivity contribution in [3.05, 3.63) is 29.3 Å².